The molecule has 0 N–H and O–H groups in total. The number of alkyl halides is 5. The standard InChI is InChI=1S/C30H21F9O3/c1-2-3-4-5-17-12-16-6-7-18(13-22(16)27(34)26(17)33)28(40)41-20-10-8-19(9-11-20)30(38,39)42-21-14-23(31)25(24(32)15-21)29(35,36)37/h6-15H,2-5H2,1H3. The summed E-state index contributed by atoms with van der Waals surface area (Å²) in [6.07, 6.45) is -6.84. The Labute approximate surface area is 233 Å². The lowest BCUT2D eigenvalue weighted by molar-refractivity contribution is -0.185. The summed E-state index contributed by atoms with van der Waals surface area (Å²) in [5, 5.41) is 0.223. The number of benzene rings is 4. The number of hydrogen-bond acceptors (Lipinski definition) is 3. The maximum absolute atomic E-state index is 14.8. The third-order valence-electron chi connectivity index (χ3n) is 6.33. The Morgan fingerprint density at radius 2 is 1.40 bits per heavy atom. The van der Waals surface area contributed by atoms with Crippen LogP contribution in [0.3, 0.4) is 0 Å². The number of aryl methyl sites for hydroxylation is 1. The minimum atomic E-state index is -5.39. The van der Waals surface area contributed by atoms with Crippen molar-refractivity contribution in [1.29, 1.82) is 0 Å². The average Bonchev–Trinajstić information content (AvgIpc) is 2.90. The van der Waals surface area contributed by atoms with Gasteiger partial charge in [-0.1, -0.05) is 25.8 Å². The molecule has 0 unspecified atom stereocenters. The van der Waals surface area contributed by atoms with Crippen LogP contribution in [0, 0.1) is 23.3 Å². The normalized spacial score (nSPS) is 12.0. The highest BCUT2D eigenvalue weighted by Gasteiger charge is 2.40. The second-order valence-electron chi connectivity index (χ2n) is 9.35. The molecule has 0 saturated heterocycles. The largest absolute Gasteiger partial charge is 0.429 e. The third kappa shape index (κ3) is 6.63. The first-order valence-corrected chi connectivity index (χ1v) is 12.6. The monoisotopic (exact) mass is 600 g/mol. The fourth-order valence-corrected chi connectivity index (χ4v) is 4.23. The van der Waals surface area contributed by atoms with E-state index in [0.29, 0.717) is 18.2 Å². The summed E-state index contributed by atoms with van der Waals surface area (Å²) in [7, 11) is 0. The van der Waals surface area contributed by atoms with Crippen molar-refractivity contribution in [1.82, 2.24) is 0 Å². The van der Waals surface area contributed by atoms with Crippen LogP contribution >= 0.6 is 0 Å². The Morgan fingerprint density at radius 1 is 0.762 bits per heavy atom. The molecule has 222 valence electrons. The minimum Gasteiger partial charge on any atom is -0.429 e. The van der Waals surface area contributed by atoms with Gasteiger partial charge in [0, 0.05) is 17.5 Å². The number of halogens is 9. The molecule has 0 amide bonds. The highest BCUT2D eigenvalue weighted by Crippen LogP contribution is 2.38. The van der Waals surface area contributed by atoms with Crippen LogP contribution in [0.2, 0.25) is 0 Å². The zero-order valence-corrected chi connectivity index (χ0v) is 21.7. The van der Waals surface area contributed by atoms with Gasteiger partial charge in [-0.25, -0.2) is 22.4 Å². The number of unbranched alkanes of at least 4 members (excludes halogenated alkanes) is 2. The number of esters is 1. The number of fused-ring (bicyclic) bond motifs is 1. The molecule has 0 heterocycles. The molecule has 3 nitrogen and oxygen atoms in total. The number of hydrogen-bond donors (Lipinski definition) is 0. The average molecular weight is 600 g/mol. The van der Waals surface area contributed by atoms with Crippen molar-refractivity contribution in [2.24, 2.45) is 0 Å². The van der Waals surface area contributed by atoms with Gasteiger partial charge in [0.05, 0.1) is 11.1 Å². The smallest absolute Gasteiger partial charge is 0.426 e. The van der Waals surface area contributed by atoms with Gasteiger partial charge in [0.1, 0.15) is 28.7 Å². The second kappa shape index (κ2) is 11.9. The number of ether oxygens (including phenoxy) is 2. The van der Waals surface area contributed by atoms with Crippen LogP contribution in [0.1, 0.15) is 53.2 Å². The summed E-state index contributed by atoms with van der Waals surface area (Å²) in [5.74, 6) is -8.85. The molecule has 0 bridgehead atoms. The van der Waals surface area contributed by atoms with E-state index in [4.69, 9.17) is 4.74 Å². The van der Waals surface area contributed by atoms with Crippen molar-refractivity contribution >= 4 is 16.7 Å². The van der Waals surface area contributed by atoms with Crippen LogP contribution in [0.5, 0.6) is 11.5 Å². The zero-order chi connectivity index (χ0) is 30.8. The van der Waals surface area contributed by atoms with E-state index in [1.54, 1.807) is 0 Å². The molecule has 0 spiro atoms. The Balaban J connectivity index is 1.48. The van der Waals surface area contributed by atoms with Gasteiger partial charge in [0.2, 0.25) is 0 Å². The van der Waals surface area contributed by atoms with Crippen LogP contribution in [-0.4, -0.2) is 5.97 Å². The predicted molar refractivity (Wildman–Crippen MR) is 134 cm³/mol. The first-order chi connectivity index (χ1) is 19.7. The molecule has 0 aliphatic carbocycles. The van der Waals surface area contributed by atoms with E-state index < -0.39 is 58.4 Å². The van der Waals surface area contributed by atoms with Crippen LogP contribution in [0.25, 0.3) is 10.8 Å². The molecular formula is C30H21F9O3. The summed E-state index contributed by atoms with van der Waals surface area (Å²) in [6, 6.07) is 8.66. The minimum absolute atomic E-state index is 0.0263. The molecule has 4 aromatic carbocycles. The fraction of sp³-hybridized carbons (Fsp3) is 0.233. The van der Waals surface area contributed by atoms with E-state index in [-0.39, 0.29) is 34.4 Å². The van der Waals surface area contributed by atoms with Gasteiger partial charge in [-0.2, -0.15) is 22.0 Å². The molecule has 4 rings (SSSR count). The predicted octanol–water partition coefficient (Wildman–Crippen LogP) is 9.50. The van der Waals surface area contributed by atoms with Crippen LogP contribution in [0.15, 0.2) is 60.7 Å². The summed E-state index contributed by atoms with van der Waals surface area (Å²) >= 11 is 0. The van der Waals surface area contributed by atoms with Crippen LogP contribution in [-0.2, 0) is 18.7 Å². The third-order valence-corrected chi connectivity index (χ3v) is 6.33. The van der Waals surface area contributed by atoms with E-state index in [2.05, 4.69) is 4.74 Å². The lowest BCUT2D eigenvalue weighted by atomic mass is 9.99. The van der Waals surface area contributed by atoms with Gasteiger partial charge in [-0.3, -0.25) is 0 Å². The molecule has 0 atom stereocenters. The maximum Gasteiger partial charge on any atom is 0.426 e. The lowest BCUT2D eigenvalue weighted by Crippen LogP contribution is -2.22. The Hall–Kier alpha value is -4.22. The topological polar surface area (TPSA) is 35.5 Å². The van der Waals surface area contributed by atoms with Crippen molar-refractivity contribution in [2.45, 2.75) is 44.9 Å². The van der Waals surface area contributed by atoms with Gasteiger partial charge < -0.3 is 9.47 Å². The summed E-state index contributed by atoms with van der Waals surface area (Å²) in [4.78, 5) is 12.6. The molecule has 0 fully saturated rings. The van der Waals surface area contributed by atoms with Crippen molar-refractivity contribution in [3.05, 3.63) is 106 Å². The van der Waals surface area contributed by atoms with Gasteiger partial charge in [-0.15, -0.1) is 0 Å². The van der Waals surface area contributed by atoms with E-state index in [9.17, 15) is 44.3 Å². The Bertz CT molecular complexity index is 1590. The zero-order valence-electron chi connectivity index (χ0n) is 21.7. The molecule has 0 aliphatic heterocycles. The summed E-state index contributed by atoms with van der Waals surface area (Å²) < 4.78 is 133. The van der Waals surface area contributed by atoms with Crippen molar-refractivity contribution in [3.8, 4) is 11.5 Å². The molecule has 0 aliphatic rings. The number of carbonyl (C=O) groups is 1. The highest BCUT2D eigenvalue weighted by atomic mass is 19.4. The quantitative estimate of drug-likeness (QED) is 0.0831. The molecular weight excluding hydrogens is 579 g/mol. The van der Waals surface area contributed by atoms with Crippen LogP contribution < -0.4 is 9.47 Å². The lowest BCUT2D eigenvalue weighted by Gasteiger charge is -2.19. The molecule has 4 aromatic rings. The SMILES string of the molecule is CCCCCc1cc2ccc(C(=O)Oc3ccc(C(F)(F)Oc4cc(F)c(C(F)(F)F)c(F)c4)cc3)cc2c(F)c1F. The van der Waals surface area contributed by atoms with Gasteiger partial charge >= 0.3 is 18.3 Å². The van der Waals surface area contributed by atoms with E-state index in [0.717, 1.165) is 43.2 Å². The summed E-state index contributed by atoms with van der Waals surface area (Å²) in [5.41, 5.74) is -3.07. The highest BCUT2D eigenvalue weighted by molar-refractivity contribution is 5.96. The second-order valence-corrected chi connectivity index (χ2v) is 9.35. The molecule has 42 heavy (non-hydrogen) atoms. The first kappa shape index (κ1) is 30.7. The number of carbonyl (C=O) groups excluding carboxylic acids is 1. The van der Waals surface area contributed by atoms with Crippen LogP contribution in [0.4, 0.5) is 39.5 Å². The van der Waals surface area contributed by atoms with E-state index in [1.165, 1.54) is 18.2 Å². The molecule has 0 saturated carbocycles. The Morgan fingerprint density at radius 3 is 2.00 bits per heavy atom. The first-order valence-electron chi connectivity index (χ1n) is 12.6. The van der Waals surface area contributed by atoms with Crippen molar-refractivity contribution < 1.29 is 53.8 Å². The van der Waals surface area contributed by atoms with Gasteiger partial charge in [-0.05, 0) is 66.3 Å². The van der Waals surface area contributed by atoms with Gasteiger partial charge in [0.25, 0.3) is 0 Å². The molecule has 0 radical (unpaired) electrons. The van der Waals surface area contributed by atoms with Crippen molar-refractivity contribution in [3.63, 3.8) is 0 Å². The van der Waals surface area contributed by atoms with Crippen molar-refractivity contribution in [2.75, 3.05) is 0 Å². The maximum atomic E-state index is 14.8. The van der Waals surface area contributed by atoms with E-state index >= 15 is 0 Å². The summed E-state index contributed by atoms with van der Waals surface area (Å²) in [6.45, 7) is 1.98. The fourth-order valence-electron chi connectivity index (χ4n) is 4.23. The van der Waals surface area contributed by atoms with Gasteiger partial charge in [0.15, 0.2) is 11.6 Å². The number of rotatable bonds is 9. The van der Waals surface area contributed by atoms with E-state index in [1.807, 2.05) is 6.92 Å². The Kier molecular flexibility index (Phi) is 8.74. The molecule has 0 aromatic heterocycles. The molecule has 12 heteroatoms.